The lowest BCUT2D eigenvalue weighted by Crippen LogP contribution is -2.47. The van der Waals surface area contributed by atoms with Crippen LogP contribution in [0.3, 0.4) is 0 Å². The molecule has 112 valence electrons. The van der Waals surface area contributed by atoms with Crippen molar-refractivity contribution in [1.82, 2.24) is 20.1 Å². The highest BCUT2D eigenvalue weighted by Crippen LogP contribution is 2.21. The number of aromatic nitrogens is 1. The number of hydrogen-bond acceptors (Lipinski definition) is 5. The molecule has 2 N–H and O–H groups in total. The molecule has 1 unspecified atom stereocenters. The van der Waals surface area contributed by atoms with Crippen molar-refractivity contribution >= 4 is 0 Å². The lowest BCUT2D eigenvalue weighted by molar-refractivity contribution is 0.112. The SMILES string of the molecule is CCN(CCO)C(CN1CCNCC1)c1cccnc1. The number of nitrogens with zero attached hydrogens (tertiary/aromatic N) is 3. The normalized spacial score (nSPS) is 18.4. The zero-order chi connectivity index (χ0) is 14.2. The maximum Gasteiger partial charge on any atom is 0.0558 e. The Morgan fingerprint density at radius 2 is 2.25 bits per heavy atom. The Morgan fingerprint density at radius 3 is 2.85 bits per heavy atom. The highest BCUT2D eigenvalue weighted by atomic mass is 16.3. The number of hydrogen-bond donors (Lipinski definition) is 2. The van der Waals surface area contributed by atoms with Gasteiger partial charge in [0.05, 0.1) is 6.61 Å². The van der Waals surface area contributed by atoms with E-state index in [0.717, 1.165) is 39.3 Å². The zero-order valence-electron chi connectivity index (χ0n) is 12.3. The molecule has 1 atom stereocenters. The number of piperazine rings is 1. The second-order valence-electron chi connectivity index (χ2n) is 5.20. The number of aliphatic hydroxyl groups is 1. The monoisotopic (exact) mass is 278 g/mol. The molecule has 1 aliphatic heterocycles. The Labute approximate surface area is 121 Å². The van der Waals surface area contributed by atoms with Crippen LogP contribution >= 0.6 is 0 Å². The minimum absolute atomic E-state index is 0.201. The van der Waals surface area contributed by atoms with Gasteiger partial charge in [-0.1, -0.05) is 13.0 Å². The number of rotatable bonds is 7. The molecule has 2 rings (SSSR count). The van der Waals surface area contributed by atoms with Crippen molar-refractivity contribution in [2.45, 2.75) is 13.0 Å². The molecule has 0 aliphatic carbocycles. The quantitative estimate of drug-likeness (QED) is 0.753. The van der Waals surface area contributed by atoms with E-state index in [2.05, 4.69) is 33.1 Å². The molecular formula is C15H26N4O. The summed E-state index contributed by atoms with van der Waals surface area (Å²) in [6.07, 6.45) is 3.76. The van der Waals surface area contributed by atoms with Crippen molar-refractivity contribution in [3.63, 3.8) is 0 Å². The first-order valence-corrected chi connectivity index (χ1v) is 7.53. The van der Waals surface area contributed by atoms with Crippen molar-refractivity contribution in [3.8, 4) is 0 Å². The van der Waals surface area contributed by atoms with Gasteiger partial charge >= 0.3 is 0 Å². The Hall–Kier alpha value is -1.01. The van der Waals surface area contributed by atoms with Gasteiger partial charge in [0.25, 0.3) is 0 Å². The highest BCUT2D eigenvalue weighted by Gasteiger charge is 2.22. The third kappa shape index (κ3) is 4.24. The molecule has 0 saturated carbocycles. The Kier molecular flexibility index (Phi) is 6.39. The maximum absolute atomic E-state index is 9.29. The lowest BCUT2D eigenvalue weighted by Gasteiger charge is -2.36. The third-order valence-corrected chi connectivity index (χ3v) is 3.94. The first-order chi connectivity index (χ1) is 9.85. The summed E-state index contributed by atoms with van der Waals surface area (Å²) >= 11 is 0. The fourth-order valence-corrected chi connectivity index (χ4v) is 2.81. The van der Waals surface area contributed by atoms with Crippen LogP contribution in [0.1, 0.15) is 18.5 Å². The van der Waals surface area contributed by atoms with Crippen LogP contribution in [0.15, 0.2) is 24.5 Å². The van der Waals surface area contributed by atoms with Gasteiger partial charge in [-0.3, -0.25) is 14.8 Å². The summed E-state index contributed by atoms with van der Waals surface area (Å²) in [4.78, 5) is 9.08. The molecule has 20 heavy (non-hydrogen) atoms. The van der Waals surface area contributed by atoms with Gasteiger partial charge in [-0.25, -0.2) is 0 Å². The first kappa shape index (κ1) is 15.4. The van der Waals surface area contributed by atoms with Crippen LogP contribution in [0.2, 0.25) is 0 Å². The Balaban J connectivity index is 2.10. The second kappa shape index (κ2) is 8.32. The predicted molar refractivity (Wildman–Crippen MR) is 80.6 cm³/mol. The number of aliphatic hydroxyl groups excluding tert-OH is 1. The van der Waals surface area contributed by atoms with E-state index in [0.29, 0.717) is 12.6 Å². The van der Waals surface area contributed by atoms with E-state index in [1.165, 1.54) is 5.56 Å². The molecule has 0 aromatic carbocycles. The molecule has 2 heterocycles. The average Bonchev–Trinajstić information content (AvgIpc) is 2.52. The van der Waals surface area contributed by atoms with Crippen molar-refractivity contribution in [2.24, 2.45) is 0 Å². The first-order valence-electron chi connectivity index (χ1n) is 7.53. The van der Waals surface area contributed by atoms with E-state index in [1.54, 1.807) is 0 Å². The van der Waals surface area contributed by atoms with Crippen LogP contribution in [-0.2, 0) is 0 Å². The van der Waals surface area contributed by atoms with Crippen LogP contribution in [0.4, 0.5) is 0 Å². The predicted octanol–water partition coefficient (Wildman–Crippen LogP) is 0.342. The van der Waals surface area contributed by atoms with Gasteiger partial charge in [-0.15, -0.1) is 0 Å². The topological polar surface area (TPSA) is 51.6 Å². The van der Waals surface area contributed by atoms with Crippen LogP contribution in [0, 0.1) is 0 Å². The molecule has 0 bridgehead atoms. The largest absolute Gasteiger partial charge is 0.395 e. The van der Waals surface area contributed by atoms with Crippen molar-refractivity contribution in [2.75, 3.05) is 52.4 Å². The van der Waals surface area contributed by atoms with Gasteiger partial charge < -0.3 is 10.4 Å². The van der Waals surface area contributed by atoms with E-state index in [-0.39, 0.29) is 6.61 Å². The minimum Gasteiger partial charge on any atom is -0.395 e. The van der Waals surface area contributed by atoms with E-state index < -0.39 is 0 Å². The molecule has 1 aliphatic rings. The zero-order valence-corrected chi connectivity index (χ0v) is 12.3. The summed E-state index contributed by atoms with van der Waals surface area (Å²) in [5.41, 5.74) is 1.24. The summed E-state index contributed by atoms with van der Waals surface area (Å²) in [6, 6.07) is 4.44. The van der Waals surface area contributed by atoms with E-state index in [1.807, 2.05) is 18.5 Å². The smallest absolute Gasteiger partial charge is 0.0558 e. The van der Waals surface area contributed by atoms with Gasteiger partial charge in [0, 0.05) is 57.7 Å². The third-order valence-electron chi connectivity index (χ3n) is 3.94. The van der Waals surface area contributed by atoms with Gasteiger partial charge in [0.15, 0.2) is 0 Å². The summed E-state index contributed by atoms with van der Waals surface area (Å²) < 4.78 is 0. The molecule has 1 fully saturated rings. The molecule has 0 spiro atoms. The van der Waals surface area contributed by atoms with Crippen molar-refractivity contribution < 1.29 is 5.11 Å². The van der Waals surface area contributed by atoms with E-state index in [9.17, 15) is 5.11 Å². The summed E-state index contributed by atoms with van der Waals surface area (Å²) in [5.74, 6) is 0. The van der Waals surface area contributed by atoms with Crippen molar-refractivity contribution in [3.05, 3.63) is 30.1 Å². The average molecular weight is 278 g/mol. The minimum atomic E-state index is 0.201. The van der Waals surface area contributed by atoms with E-state index >= 15 is 0 Å². The molecule has 0 radical (unpaired) electrons. The van der Waals surface area contributed by atoms with Crippen LogP contribution in [-0.4, -0.2) is 72.3 Å². The van der Waals surface area contributed by atoms with Crippen LogP contribution in [0.5, 0.6) is 0 Å². The Bertz CT molecular complexity index is 367. The molecule has 5 heteroatoms. The fraction of sp³-hybridized carbons (Fsp3) is 0.667. The van der Waals surface area contributed by atoms with Crippen molar-refractivity contribution in [1.29, 1.82) is 0 Å². The molecule has 1 saturated heterocycles. The summed E-state index contributed by atoms with van der Waals surface area (Å²) in [6.45, 7) is 9.30. The molecule has 1 aromatic heterocycles. The van der Waals surface area contributed by atoms with Crippen LogP contribution < -0.4 is 5.32 Å². The lowest BCUT2D eigenvalue weighted by atomic mass is 10.1. The fourth-order valence-electron chi connectivity index (χ4n) is 2.81. The van der Waals surface area contributed by atoms with Gasteiger partial charge in [-0.2, -0.15) is 0 Å². The van der Waals surface area contributed by atoms with Gasteiger partial charge in [0.2, 0.25) is 0 Å². The number of likely N-dealkylation sites (N-methyl/N-ethyl adjacent to an activating group) is 1. The standard InChI is InChI=1S/C15H26N4O/c1-2-19(10-11-20)15(14-4-3-5-17-12-14)13-18-8-6-16-7-9-18/h3-5,12,15-16,20H,2,6-11,13H2,1H3. The maximum atomic E-state index is 9.29. The number of pyridine rings is 1. The van der Waals surface area contributed by atoms with Gasteiger partial charge in [-0.05, 0) is 18.2 Å². The highest BCUT2D eigenvalue weighted by molar-refractivity contribution is 5.15. The molecule has 0 amide bonds. The van der Waals surface area contributed by atoms with Gasteiger partial charge in [0.1, 0.15) is 0 Å². The summed E-state index contributed by atoms with van der Waals surface area (Å²) in [5, 5.41) is 12.7. The van der Waals surface area contributed by atoms with Crippen LogP contribution in [0.25, 0.3) is 0 Å². The second-order valence-corrected chi connectivity index (χ2v) is 5.20. The molecule has 5 nitrogen and oxygen atoms in total. The summed E-state index contributed by atoms with van der Waals surface area (Å²) in [7, 11) is 0. The number of nitrogens with one attached hydrogen (secondary N) is 1. The molecule has 1 aromatic rings. The van der Waals surface area contributed by atoms with E-state index in [4.69, 9.17) is 0 Å². The Morgan fingerprint density at radius 1 is 1.45 bits per heavy atom. The molecular weight excluding hydrogens is 252 g/mol.